The molecule has 4 heteroatoms. The Kier molecular flexibility index (Phi) is 5.46. The Morgan fingerprint density at radius 1 is 1.35 bits per heavy atom. The summed E-state index contributed by atoms with van der Waals surface area (Å²) in [4.78, 5) is 5.93. The highest BCUT2D eigenvalue weighted by molar-refractivity contribution is 7.10. The molecule has 3 nitrogen and oxygen atoms in total. The van der Waals surface area contributed by atoms with Gasteiger partial charge in [-0.15, -0.1) is 11.3 Å². The summed E-state index contributed by atoms with van der Waals surface area (Å²) in [6.45, 7) is 5.18. The van der Waals surface area contributed by atoms with Crippen molar-refractivity contribution in [3.63, 3.8) is 0 Å². The van der Waals surface area contributed by atoms with Gasteiger partial charge in [-0.05, 0) is 24.3 Å². The van der Waals surface area contributed by atoms with Gasteiger partial charge in [0, 0.05) is 16.3 Å². The zero-order valence-electron chi connectivity index (χ0n) is 12.7. The van der Waals surface area contributed by atoms with E-state index >= 15 is 0 Å². The molecular weight excluding hydrogens is 266 g/mol. The highest BCUT2D eigenvalue weighted by Crippen LogP contribution is 2.27. The van der Waals surface area contributed by atoms with Crippen LogP contribution >= 0.6 is 11.3 Å². The smallest absolute Gasteiger partial charge is 0.188 e. The molecule has 1 heterocycles. The summed E-state index contributed by atoms with van der Waals surface area (Å²) in [6, 6.07) is 4.79. The van der Waals surface area contributed by atoms with Crippen LogP contribution in [-0.2, 0) is 5.41 Å². The van der Waals surface area contributed by atoms with E-state index in [1.807, 2.05) is 0 Å². The van der Waals surface area contributed by atoms with E-state index in [4.69, 9.17) is 5.73 Å². The van der Waals surface area contributed by atoms with Gasteiger partial charge in [-0.1, -0.05) is 45.6 Å². The summed E-state index contributed by atoms with van der Waals surface area (Å²) in [6.07, 6.45) is 7.80. The van der Waals surface area contributed by atoms with E-state index in [0.29, 0.717) is 12.0 Å². The van der Waals surface area contributed by atoms with Crippen molar-refractivity contribution in [3.8, 4) is 0 Å². The third-order valence-electron chi connectivity index (χ3n) is 4.04. The summed E-state index contributed by atoms with van der Waals surface area (Å²) in [7, 11) is 0. The van der Waals surface area contributed by atoms with Crippen molar-refractivity contribution in [1.82, 2.24) is 5.32 Å². The lowest BCUT2D eigenvalue weighted by atomic mass is 9.92. The van der Waals surface area contributed by atoms with Crippen molar-refractivity contribution in [1.29, 1.82) is 0 Å². The zero-order chi connectivity index (χ0) is 14.4. The van der Waals surface area contributed by atoms with E-state index in [1.165, 1.54) is 43.4 Å². The van der Waals surface area contributed by atoms with E-state index in [1.54, 1.807) is 11.3 Å². The van der Waals surface area contributed by atoms with Gasteiger partial charge in [-0.2, -0.15) is 0 Å². The Bertz CT molecular complexity index is 415. The Morgan fingerprint density at radius 2 is 2.05 bits per heavy atom. The van der Waals surface area contributed by atoms with Crippen molar-refractivity contribution in [2.24, 2.45) is 10.7 Å². The lowest BCUT2D eigenvalue weighted by Gasteiger charge is -2.22. The second-order valence-corrected chi connectivity index (χ2v) is 7.34. The van der Waals surface area contributed by atoms with Crippen molar-refractivity contribution < 1.29 is 0 Å². The van der Waals surface area contributed by atoms with Crippen LogP contribution in [0, 0.1) is 0 Å². The maximum absolute atomic E-state index is 6.06. The van der Waals surface area contributed by atoms with Crippen molar-refractivity contribution in [2.75, 3.05) is 6.54 Å². The lowest BCUT2D eigenvalue weighted by Crippen LogP contribution is -2.40. The molecule has 0 aromatic carbocycles. The third kappa shape index (κ3) is 4.51. The van der Waals surface area contributed by atoms with E-state index in [-0.39, 0.29) is 5.41 Å². The quantitative estimate of drug-likeness (QED) is 0.506. The Hall–Kier alpha value is -1.03. The molecule has 0 saturated heterocycles. The number of hydrogen-bond acceptors (Lipinski definition) is 2. The number of rotatable bonds is 4. The first-order chi connectivity index (χ1) is 9.58. The van der Waals surface area contributed by atoms with E-state index < -0.39 is 0 Å². The van der Waals surface area contributed by atoms with Crippen LogP contribution in [0.2, 0.25) is 0 Å². The zero-order valence-corrected chi connectivity index (χ0v) is 13.5. The van der Waals surface area contributed by atoms with E-state index in [0.717, 1.165) is 6.54 Å². The minimum atomic E-state index is 0.0594. The molecular formula is C16H27N3S. The predicted molar refractivity (Wildman–Crippen MR) is 88.5 cm³/mol. The number of guanidine groups is 1. The third-order valence-corrected chi connectivity index (χ3v) is 5.28. The minimum absolute atomic E-state index is 0.0594. The van der Waals surface area contributed by atoms with Gasteiger partial charge >= 0.3 is 0 Å². The molecule has 20 heavy (non-hydrogen) atoms. The largest absolute Gasteiger partial charge is 0.370 e. The van der Waals surface area contributed by atoms with Crippen LogP contribution in [0.25, 0.3) is 0 Å². The summed E-state index contributed by atoms with van der Waals surface area (Å²) < 4.78 is 0. The molecule has 0 spiro atoms. The Morgan fingerprint density at radius 3 is 2.65 bits per heavy atom. The van der Waals surface area contributed by atoms with Crippen molar-refractivity contribution in [2.45, 2.75) is 63.8 Å². The van der Waals surface area contributed by atoms with Gasteiger partial charge in [0.1, 0.15) is 0 Å². The molecule has 2 rings (SSSR count). The topological polar surface area (TPSA) is 50.4 Å². The van der Waals surface area contributed by atoms with Gasteiger partial charge in [0.2, 0.25) is 0 Å². The second-order valence-electron chi connectivity index (χ2n) is 6.40. The molecule has 0 aliphatic heterocycles. The molecule has 0 bridgehead atoms. The van der Waals surface area contributed by atoms with Crippen molar-refractivity contribution >= 4 is 17.3 Å². The molecule has 1 saturated carbocycles. The van der Waals surface area contributed by atoms with Crippen LogP contribution in [0.1, 0.15) is 57.2 Å². The first-order valence-electron chi connectivity index (χ1n) is 7.68. The van der Waals surface area contributed by atoms with E-state index in [2.05, 4.69) is 41.7 Å². The van der Waals surface area contributed by atoms with Gasteiger partial charge in [-0.3, -0.25) is 4.99 Å². The van der Waals surface area contributed by atoms with Crippen molar-refractivity contribution in [3.05, 3.63) is 22.4 Å². The molecule has 1 aliphatic carbocycles. The number of hydrogen-bond donors (Lipinski definition) is 2. The summed E-state index contributed by atoms with van der Waals surface area (Å²) >= 11 is 1.79. The lowest BCUT2D eigenvalue weighted by molar-refractivity contribution is 0.521. The highest BCUT2D eigenvalue weighted by atomic mass is 32.1. The van der Waals surface area contributed by atoms with Crippen LogP contribution in [0.15, 0.2) is 22.5 Å². The number of aliphatic imine (C=N–C) groups is 1. The predicted octanol–water partition coefficient (Wildman–Crippen LogP) is 3.65. The first-order valence-corrected chi connectivity index (χ1v) is 8.56. The molecule has 3 N–H and O–H groups in total. The molecule has 0 unspecified atom stereocenters. The number of thiophene rings is 1. The van der Waals surface area contributed by atoms with Crippen LogP contribution < -0.4 is 11.1 Å². The van der Waals surface area contributed by atoms with Gasteiger partial charge in [0.15, 0.2) is 5.96 Å². The fraction of sp³-hybridized carbons (Fsp3) is 0.688. The molecule has 0 radical (unpaired) electrons. The fourth-order valence-corrected chi connectivity index (χ4v) is 3.55. The van der Waals surface area contributed by atoms with Crippen LogP contribution in [0.5, 0.6) is 0 Å². The number of nitrogens with two attached hydrogens (primary N) is 1. The standard InChI is InChI=1S/C16H27N3S/c1-16(2,14-10-7-11-20-14)12-18-15(17)19-13-8-5-3-4-6-9-13/h7,10-11,13H,3-6,8-9,12H2,1-2H3,(H3,17,18,19). The number of nitrogens with zero attached hydrogens (tertiary/aromatic N) is 1. The fourth-order valence-electron chi connectivity index (χ4n) is 2.70. The van der Waals surface area contributed by atoms with Gasteiger partial charge < -0.3 is 11.1 Å². The van der Waals surface area contributed by atoms with E-state index in [9.17, 15) is 0 Å². The summed E-state index contributed by atoms with van der Waals surface area (Å²) in [5.74, 6) is 0.613. The van der Waals surface area contributed by atoms with Gasteiger partial charge in [0.05, 0.1) is 6.54 Å². The number of nitrogens with one attached hydrogen (secondary N) is 1. The average molecular weight is 293 g/mol. The second kappa shape index (κ2) is 7.11. The normalized spacial score (nSPS) is 18.8. The molecule has 1 aromatic heterocycles. The summed E-state index contributed by atoms with van der Waals surface area (Å²) in [5, 5.41) is 5.53. The summed E-state index contributed by atoms with van der Waals surface area (Å²) in [5.41, 5.74) is 6.12. The molecule has 112 valence electrons. The minimum Gasteiger partial charge on any atom is -0.370 e. The highest BCUT2D eigenvalue weighted by Gasteiger charge is 2.21. The first kappa shape index (κ1) is 15.4. The van der Waals surface area contributed by atoms with Gasteiger partial charge in [0.25, 0.3) is 0 Å². The molecule has 0 amide bonds. The van der Waals surface area contributed by atoms with Crippen LogP contribution in [0.4, 0.5) is 0 Å². The molecule has 1 aliphatic rings. The van der Waals surface area contributed by atoms with Crippen LogP contribution in [0.3, 0.4) is 0 Å². The molecule has 1 aromatic rings. The maximum atomic E-state index is 6.06. The SMILES string of the molecule is CC(C)(CN=C(N)NC1CCCCCC1)c1cccs1. The Labute approximate surface area is 126 Å². The molecule has 0 atom stereocenters. The molecule has 1 fully saturated rings. The Balaban J connectivity index is 1.86. The maximum Gasteiger partial charge on any atom is 0.188 e. The van der Waals surface area contributed by atoms with Gasteiger partial charge in [-0.25, -0.2) is 0 Å². The average Bonchev–Trinajstić information content (AvgIpc) is 2.85. The monoisotopic (exact) mass is 293 g/mol. The van der Waals surface area contributed by atoms with Crippen LogP contribution in [-0.4, -0.2) is 18.5 Å².